The van der Waals surface area contributed by atoms with Crippen molar-refractivity contribution in [3.8, 4) is 5.75 Å². The summed E-state index contributed by atoms with van der Waals surface area (Å²) in [6.07, 6.45) is 2.24. The largest absolute Gasteiger partial charge is 0.484 e. The number of hydrogen-bond donors (Lipinski definition) is 1. The Bertz CT molecular complexity index is 1160. The second-order valence-corrected chi connectivity index (χ2v) is 10.4. The van der Waals surface area contributed by atoms with Gasteiger partial charge < -0.3 is 15.0 Å². The lowest BCUT2D eigenvalue weighted by atomic mass is 10.0. The van der Waals surface area contributed by atoms with Crippen LogP contribution < -0.4 is 10.1 Å². The van der Waals surface area contributed by atoms with E-state index in [9.17, 15) is 9.59 Å². The molecule has 0 fully saturated rings. The third-order valence-corrected chi connectivity index (χ3v) is 7.64. The van der Waals surface area contributed by atoms with Gasteiger partial charge in [-0.3, -0.25) is 9.59 Å². The van der Waals surface area contributed by atoms with Crippen molar-refractivity contribution in [2.75, 3.05) is 13.2 Å². The number of rotatable bonds is 12. The van der Waals surface area contributed by atoms with Gasteiger partial charge in [-0.25, -0.2) is 0 Å². The molecule has 5 nitrogen and oxygen atoms in total. The molecule has 0 aliphatic carbocycles. The van der Waals surface area contributed by atoms with Gasteiger partial charge >= 0.3 is 0 Å². The van der Waals surface area contributed by atoms with Gasteiger partial charge in [-0.15, -0.1) is 0 Å². The first kappa shape index (κ1) is 28.7. The van der Waals surface area contributed by atoms with Crippen LogP contribution in [0, 0.1) is 13.8 Å². The number of benzene rings is 3. The molecule has 0 aromatic heterocycles. The highest BCUT2D eigenvalue weighted by Crippen LogP contribution is 2.26. The summed E-state index contributed by atoms with van der Waals surface area (Å²) >= 11 is 9.65. The summed E-state index contributed by atoms with van der Waals surface area (Å²) in [5.74, 6) is 0.180. The van der Waals surface area contributed by atoms with Crippen molar-refractivity contribution in [1.82, 2.24) is 10.2 Å². The predicted molar refractivity (Wildman–Crippen MR) is 153 cm³/mol. The first-order valence-corrected chi connectivity index (χ1v) is 13.7. The molecule has 37 heavy (non-hydrogen) atoms. The van der Waals surface area contributed by atoms with Gasteiger partial charge in [-0.2, -0.15) is 0 Å². The minimum atomic E-state index is -0.695. The zero-order valence-electron chi connectivity index (χ0n) is 21.6. The fraction of sp³-hybridized carbons (Fsp3) is 0.333. The fourth-order valence-electron chi connectivity index (χ4n) is 4.06. The van der Waals surface area contributed by atoms with Gasteiger partial charge in [0.25, 0.3) is 5.91 Å². The molecule has 0 spiro atoms. The van der Waals surface area contributed by atoms with Crippen LogP contribution >= 0.6 is 27.5 Å². The van der Waals surface area contributed by atoms with Crippen LogP contribution in [-0.4, -0.2) is 35.9 Å². The lowest BCUT2D eigenvalue weighted by molar-refractivity contribution is -0.142. The van der Waals surface area contributed by atoms with Gasteiger partial charge in [-0.1, -0.05) is 83.3 Å². The summed E-state index contributed by atoms with van der Waals surface area (Å²) in [6, 6.07) is 20.2. The molecular formula is C30H34BrClN2O3. The monoisotopic (exact) mass is 584 g/mol. The number of ether oxygens (including phenoxy) is 1. The topological polar surface area (TPSA) is 58.6 Å². The molecule has 7 heteroatoms. The van der Waals surface area contributed by atoms with Crippen molar-refractivity contribution in [2.45, 2.75) is 52.6 Å². The summed E-state index contributed by atoms with van der Waals surface area (Å²) in [5.41, 5.74) is 3.91. The third-order valence-electron chi connectivity index (χ3n) is 6.14. The number of unbranched alkanes of at least 4 members (excludes halogenated alkanes) is 1. The molecule has 3 aromatic rings. The Labute approximate surface area is 233 Å². The number of halogens is 2. The molecule has 1 N–H and O–H groups in total. The summed E-state index contributed by atoms with van der Waals surface area (Å²) in [6.45, 7) is 6.69. The van der Waals surface area contributed by atoms with Crippen molar-refractivity contribution >= 4 is 39.3 Å². The average molecular weight is 586 g/mol. The van der Waals surface area contributed by atoms with Crippen molar-refractivity contribution < 1.29 is 14.3 Å². The molecule has 2 amide bonds. The van der Waals surface area contributed by atoms with E-state index in [4.69, 9.17) is 16.3 Å². The number of carbonyl (C=O) groups excluding carboxylic acids is 2. The van der Waals surface area contributed by atoms with E-state index in [1.165, 1.54) is 0 Å². The van der Waals surface area contributed by atoms with E-state index in [1.807, 2.05) is 68.4 Å². The van der Waals surface area contributed by atoms with Gasteiger partial charge in [0.15, 0.2) is 6.61 Å². The van der Waals surface area contributed by atoms with Crippen molar-refractivity contribution in [3.63, 3.8) is 0 Å². The third kappa shape index (κ3) is 8.61. The van der Waals surface area contributed by atoms with Crippen LogP contribution in [0.3, 0.4) is 0 Å². The van der Waals surface area contributed by atoms with Crippen LogP contribution in [0.5, 0.6) is 5.75 Å². The van der Waals surface area contributed by atoms with Gasteiger partial charge in [0.1, 0.15) is 11.8 Å². The molecule has 0 bridgehead atoms. The fourth-order valence-corrected chi connectivity index (χ4v) is 4.42. The second-order valence-electron chi connectivity index (χ2n) is 9.16. The maximum absolute atomic E-state index is 13.7. The summed E-state index contributed by atoms with van der Waals surface area (Å²) < 4.78 is 6.95. The van der Waals surface area contributed by atoms with Crippen molar-refractivity contribution in [2.24, 2.45) is 0 Å². The van der Waals surface area contributed by atoms with E-state index in [0.717, 1.165) is 39.6 Å². The van der Waals surface area contributed by atoms with E-state index in [0.29, 0.717) is 23.7 Å². The first-order valence-electron chi connectivity index (χ1n) is 12.5. The highest BCUT2D eigenvalue weighted by Gasteiger charge is 2.30. The normalized spacial score (nSPS) is 11.6. The second kappa shape index (κ2) is 14.2. The molecule has 0 heterocycles. The van der Waals surface area contributed by atoms with E-state index in [2.05, 4.69) is 28.2 Å². The SMILES string of the molecule is CCCCNC(=O)C(Cc1ccccc1)N(Cc1ccc(Cl)cc1)C(=O)COc1cc(C)c(Br)c(C)c1. The van der Waals surface area contributed by atoms with E-state index >= 15 is 0 Å². The maximum Gasteiger partial charge on any atom is 0.261 e. The standard InChI is InChI=1S/C30H34BrClN2O3/c1-4-5-15-33-30(36)27(18-23-9-7-6-8-10-23)34(19-24-11-13-25(32)14-12-24)28(35)20-37-26-16-21(2)29(31)22(3)17-26/h6-14,16-17,27H,4-5,15,18-20H2,1-3H3,(H,33,36). The van der Waals surface area contributed by atoms with Gasteiger partial charge in [-0.05, 0) is 66.8 Å². The molecule has 3 rings (SSSR count). The molecule has 0 saturated heterocycles. The number of amides is 2. The van der Waals surface area contributed by atoms with Crippen LogP contribution in [0.4, 0.5) is 0 Å². The van der Waals surface area contributed by atoms with E-state index < -0.39 is 6.04 Å². The summed E-state index contributed by atoms with van der Waals surface area (Å²) in [5, 5.41) is 3.64. The van der Waals surface area contributed by atoms with Crippen LogP contribution in [0.1, 0.15) is 42.0 Å². The minimum Gasteiger partial charge on any atom is -0.484 e. The lowest BCUT2D eigenvalue weighted by Crippen LogP contribution is -2.51. The number of nitrogens with zero attached hydrogens (tertiary/aromatic N) is 1. The smallest absolute Gasteiger partial charge is 0.261 e. The quantitative estimate of drug-likeness (QED) is 0.242. The van der Waals surface area contributed by atoms with Crippen LogP contribution in [-0.2, 0) is 22.6 Å². The summed E-state index contributed by atoms with van der Waals surface area (Å²) in [7, 11) is 0. The predicted octanol–water partition coefficient (Wildman–Crippen LogP) is 6.65. The summed E-state index contributed by atoms with van der Waals surface area (Å²) in [4.78, 5) is 28.7. The van der Waals surface area contributed by atoms with Gasteiger partial charge in [0.05, 0.1) is 0 Å². The molecule has 0 radical (unpaired) electrons. The van der Waals surface area contributed by atoms with Crippen molar-refractivity contribution in [3.05, 3.63) is 98.5 Å². The van der Waals surface area contributed by atoms with Crippen LogP contribution in [0.2, 0.25) is 5.02 Å². The molecule has 196 valence electrons. The zero-order valence-corrected chi connectivity index (χ0v) is 23.9. The van der Waals surface area contributed by atoms with E-state index in [-0.39, 0.29) is 25.0 Å². The molecule has 0 saturated carbocycles. The highest BCUT2D eigenvalue weighted by atomic mass is 79.9. The molecule has 3 aromatic carbocycles. The Kier molecular flexibility index (Phi) is 11.0. The number of hydrogen-bond acceptors (Lipinski definition) is 3. The lowest BCUT2D eigenvalue weighted by Gasteiger charge is -2.31. The number of carbonyl (C=O) groups is 2. The molecular weight excluding hydrogens is 552 g/mol. The Morgan fingerprint density at radius 1 is 1.00 bits per heavy atom. The Morgan fingerprint density at radius 2 is 1.65 bits per heavy atom. The Morgan fingerprint density at radius 3 is 2.27 bits per heavy atom. The number of nitrogens with one attached hydrogen (secondary N) is 1. The van der Waals surface area contributed by atoms with Crippen LogP contribution in [0.25, 0.3) is 0 Å². The molecule has 0 aliphatic heterocycles. The Hall–Kier alpha value is -2.83. The highest BCUT2D eigenvalue weighted by molar-refractivity contribution is 9.10. The first-order chi connectivity index (χ1) is 17.8. The van der Waals surface area contributed by atoms with Gasteiger partial charge in [0, 0.05) is 29.0 Å². The zero-order chi connectivity index (χ0) is 26.8. The molecule has 1 atom stereocenters. The Balaban J connectivity index is 1.89. The van der Waals surface area contributed by atoms with Crippen molar-refractivity contribution in [1.29, 1.82) is 0 Å². The minimum absolute atomic E-state index is 0.171. The molecule has 0 aliphatic rings. The maximum atomic E-state index is 13.7. The average Bonchev–Trinajstić information content (AvgIpc) is 2.89. The van der Waals surface area contributed by atoms with Gasteiger partial charge in [0.2, 0.25) is 5.91 Å². The van der Waals surface area contributed by atoms with E-state index in [1.54, 1.807) is 17.0 Å². The van der Waals surface area contributed by atoms with Crippen LogP contribution in [0.15, 0.2) is 71.2 Å². The number of aryl methyl sites for hydroxylation is 2. The molecule has 1 unspecified atom stereocenters.